The summed E-state index contributed by atoms with van der Waals surface area (Å²) in [5.41, 5.74) is -5.19. The quantitative estimate of drug-likeness (QED) is 0.0795. The van der Waals surface area contributed by atoms with Crippen molar-refractivity contribution in [2.24, 2.45) is 17.3 Å². The topological polar surface area (TPSA) is 164 Å². The van der Waals surface area contributed by atoms with E-state index in [1.165, 1.54) is 6.26 Å². The van der Waals surface area contributed by atoms with E-state index < -0.39 is 99.5 Å². The molecule has 2 bridgehead atoms. The summed E-state index contributed by atoms with van der Waals surface area (Å²) in [6, 6.07) is 0. The van der Waals surface area contributed by atoms with E-state index in [9.17, 15) is 19.2 Å². The minimum atomic E-state index is -1.68. The van der Waals surface area contributed by atoms with E-state index in [4.69, 9.17) is 28.4 Å². The molecule has 10 atom stereocenters. The minimum absolute atomic E-state index is 0.0143. The lowest BCUT2D eigenvalue weighted by atomic mass is 9.43. The second-order valence-electron chi connectivity index (χ2n) is 19.3. The molecule has 0 N–H and O–H groups in total. The first kappa shape index (κ1) is 42.4. The van der Waals surface area contributed by atoms with Crippen molar-refractivity contribution >= 4 is 35.1 Å². The Labute approximate surface area is 341 Å². The third-order valence-corrected chi connectivity index (χ3v) is 13.0. The molecule has 0 unspecified atom stereocenters. The predicted octanol–water partition coefficient (Wildman–Crippen LogP) is 6.66. The summed E-state index contributed by atoms with van der Waals surface area (Å²) in [5.74, 6) is -4.19. The lowest BCUT2D eigenvalue weighted by molar-refractivity contribution is -0.213. The zero-order valence-electron chi connectivity index (χ0n) is 35.7. The standard InChI is InChI=1S/C46H60O12/c1-11-13-15-17-27-29-30-31(34(48)38-44(55-38,35(30)49)21-19-24(3)39(50)57-42(5,6)7)36(54-27)46-26(23-53-28(32(29)46)18-16-14-12-2)33(47)37-45(56-37,41(46)52)22-20-25(4)40(51)58-43(8,9)10/h19-20,23,27-29,32,36-38H,11-18,21-22H2,1-10H3/b24-19+,25-20+/t27-,28-,29+,32+,36-,37+,38+,44-,45+,46-/m1/s1. The summed E-state index contributed by atoms with van der Waals surface area (Å²) < 4.78 is 36.8. The van der Waals surface area contributed by atoms with Crippen LogP contribution in [0.2, 0.25) is 0 Å². The lowest BCUT2D eigenvalue weighted by Gasteiger charge is -2.63. The number of fused-ring (bicyclic) bond motifs is 3. The second-order valence-corrected chi connectivity index (χ2v) is 19.3. The fourth-order valence-corrected chi connectivity index (χ4v) is 10.2. The first-order valence-electron chi connectivity index (χ1n) is 21.3. The normalized spacial score (nSPS) is 36.2. The number of carbonyl (C=O) groups excluding carboxylic acids is 6. The Morgan fingerprint density at radius 1 is 0.707 bits per heavy atom. The van der Waals surface area contributed by atoms with Crippen LogP contribution in [0.3, 0.4) is 0 Å². The van der Waals surface area contributed by atoms with Gasteiger partial charge >= 0.3 is 11.9 Å². The summed E-state index contributed by atoms with van der Waals surface area (Å²) in [6.45, 7) is 18.0. The lowest BCUT2D eigenvalue weighted by Crippen LogP contribution is -2.74. The van der Waals surface area contributed by atoms with Gasteiger partial charge in [0.25, 0.3) is 0 Å². The van der Waals surface area contributed by atoms with Crippen molar-refractivity contribution in [2.45, 2.75) is 186 Å². The van der Waals surface area contributed by atoms with E-state index in [0.29, 0.717) is 24.0 Å². The molecule has 3 saturated heterocycles. The number of esters is 2. The van der Waals surface area contributed by atoms with E-state index >= 15 is 9.59 Å². The van der Waals surface area contributed by atoms with Crippen LogP contribution in [0.15, 0.2) is 46.3 Å². The Hall–Kier alpha value is -3.74. The summed E-state index contributed by atoms with van der Waals surface area (Å²) in [7, 11) is 0. The Balaban J connectivity index is 1.34. The minimum Gasteiger partial charge on any atom is -0.497 e. The first-order chi connectivity index (χ1) is 27.2. The van der Waals surface area contributed by atoms with Crippen LogP contribution in [-0.4, -0.2) is 88.0 Å². The number of epoxide rings is 2. The van der Waals surface area contributed by atoms with E-state index in [1.54, 1.807) is 67.5 Å². The molecule has 12 heteroatoms. The van der Waals surface area contributed by atoms with Gasteiger partial charge in [0, 0.05) is 52.5 Å². The smallest absolute Gasteiger partial charge is 0.333 e. The van der Waals surface area contributed by atoms with Crippen LogP contribution in [0.25, 0.3) is 0 Å². The molecular weight excluding hydrogens is 744 g/mol. The van der Waals surface area contributed by atoms with Crippen molar-refractivity contribution in [3.05, 3.63) is 46.3 Å². The van der Waals surface area contributed by atoms with Gasteiger partial charge in [-0.05, 0) is 74.7 Å². The van der Waals surface area contributed by atoms with Crippen molar-refractivity contribution in [3.8, 4) is 0 Å². The number of rotatable bonds is 14. The Morgan fingerprint density at radius 2 is 1.22 bits per heavy atom. The maximum atomic E-state index is 15.7. The van der Waals surface area contributed by atoms with Gasteiger partial charge in [0.1, 0.15) is 28.8 Å². The zero-order valence-corrected chi connectivity index (χ0v) is 35.7. The number of carbonyl (C=O) groups is 6. The molecule has 5 aliphatic heterocycles. The van der Waals surface area contributed by atoms with E-state index in [2.05, 4.69) is 13.8 Å². The predicted molar refractivity (Wildman–Crippen MR) is 210 cm³/mol. The molecule has 3 aliphatic carbocycles. The van der Waals surface area contributed by atoms with Crippen molar-refractivity contribution in [1.82, 2.24) is 0 Å². The number of hydrogen-bond donors (Lipinski definition) is 0. The Kier molecular flexibility index (Phi) is 10.8. The number of hydrogen-bond acceptors (Lipinski definition) is 12. The SMILES string of the molecule is CCCCC[C@H]1O[C@@H]2C3=C(C(=O)[C@@]4(C/C=C(\C)C(=O)OC(C)(C)C)O[C@H]4C3=O)[C@H]1[C@@H]1[C@@H](CCCCC)OC=C3C(=O)[C@@H]4O[C@]4(C/C=C(\C)C(=O)OC(C)(C)C)C(=O)[C@]312. The fourth-order valence-electron chi connectivity index (χ4n) is 10.2. The Bertz CT molecular complexity index is 1940. The molecule has 0 aromatic heterocycles. The molecule has 0 amide bonds. The average Bonchev–Trinajstić information content (AvgIpc) is 4.07. The Morgan fingerprint density at radius 3 is 1.78 bits per heavy atom. The molecule has 1 spiro atoms. The van der Waals surface area contributed by atoms with Gasteiger partial charge in [-0.2, -0.15) is 0 Å². The maximum absolute atomic E-state index is 15.7. The van der Waals surface area contributed by atoms with E-state index in [-0.39, 0.29) is 35.3 Å². The molecule has 0 aromatic carbocycles. The number of ether oxygens (including phenoxy) is 6. The summed E-state index contributed by atoms with van der Waals surface area (Å²) >= 11 is 0. The molecular formula is C46H60O12. The molecule has 8 aliphatic rings. The molecule has 4 fully saturated rings. The highest BCUT2D eigenvalue weighted by Gasteiger charge is 2.85. The largest absolute Gasteiger partial charge is 0.497 e. The van der Waals surface area contributed by atoms with Gasteiger partial charge in [0.05, 0.1) is 12.4 Å². The summed E-state index contributed by atoms with van der Waals surface area (Å²) in [6.07, 6.45) is 6.28. The molecule has 8 rings (SSSR count). The van der Waals surface area contributed by atoms with Crippen LogP contribution >= 0.6 is 0 Å². The third kappa shape index (κ3) is 6.69. The van der Waals surface area contributed by atoms with Gasteiger partial charge in [-0.15, -0.1) is 0 Å². The van der Waals surface area contributed by atoms with Crippen molar-refractivity contribution in [2.75, 3.05) is 0 Å². The van der Waals surface area contributed by atoms with Crippen molar-refractivity contribution in [3.63, 3.8) is 0 Å². The van der Waals surface area contributed by atoms with Gasteiger partial charge in [0.2, 0.25) is 0 Å². The van der Waals surface area contributed by atoms with Gasteiger partial charge in [-0.25, -0.2) is 9.59 Å². The van der Waals surface area contributed by atoms with Gasteiger partial charge in [-0.1, -0.05) is 58.1 Å². The van der Waals surface area contributed by atoms with Gasteiger partial charge in [-0.3, -0.25) is 19.2 Å². The van der Waals surface area contributed by atoms with E-state index in [1.807, 2.05) is 0 Å². The number of unbranched alkanes of at least 4 members (excludes halogenated alkanes) is 4. The molecule has 0 radical (unpaired) electrons. The average molecular weight is 805 g/mol. The highest BCUT2D eigenvalue weighted by Crippen LogP contribution is 2.70. The van der Waals surface area contributed by atoms with Crippen LogP contribution in [0.4, 0.5) is 0 Å². The van der Waals surface area contributed by atoms with E-state index in [0.717, 1.165) is 38.5 Å². The molecule has 0 aromatic rings. The third-order valence-electron chi connectivity index (χ3n) is 13.0. The highest BCUT2D eigenvalue weighted by atomic mass is 16.6. The molecule has 58 heavy (non-hydrogen) atoms. The molecule has 1 saturated carbocycles. The maximum Gasteiger partial charge on any atom is 0.333 e. The van der Waals surface area contributed by atoms with Crippen LogP contribution in [-0.2, 0) is 57.2 Å². The number of Topliss-reactive ketones (excluding diaryl/α,β-unsaturated/α-hetero) is 4. The molecule has 5 heterocycles. The van der Waals surface area contributed by atoms with Crippen molar-refractivity contribution in [1.29, 1.82) is 0 Å². The summed E-state index contributed by atoms with van der Waals surface area (Å²) in [5, 5.41) is 0. The van der Waals surface area contributed by atoms with Gasteiger partial charge < -0.3 is 28.4 Å². The highest BCUT2D eigenvalue weighted by molar-refractivity contribution is 6.25. The van der Waals surface area contributed by atoms with Gasteiger partial charge in [0.15, 0.2) is 46.5 Å². The van der Waals surface area contributed by atoms with Crippen LogP contribution in [0.1, 0.15) is 133 Å². The molecule has 12 nitrogen and oxygen atoms in total. The van der Waals surface area contributed by atoms with Crippen molar-refractivity contribution < 1.29 is 57.2 Å². The first-order valence-corrected chi connectivity index (χ1v) is 21.3. The van der Waals surface area contributed by atoms with Crippen LogP contribution in [0.5, 0.6) is 0 Å². The zero-order chi connectivity index (χ0) is 42.3. The van der Waals surface area contributed by atoms with Crippen LogP contribution in [0, 0.1) is 17.3 Å². The monoisotopic (exact) mass is 804 g/mol. The molecule has 316 valence electrons. The second kappa shape index (κ2) is 14.8. The van der Waals surface area contributed by atoms with Crippen LogP contribution < -0.4 is 0 Å². The fraction of sp³-hybridized carbons (Fsp3) is 0.696. The number of ketones is 4. The summed E-state index contributed by atoms with van der Waals surface area (Å²) in [4.78, 5) is 86.1.